The predicted molar refractivity (Wildman–Crippen MR) is 64.0 cm³/mol. The van der Waals surface area contributed by atoms with Gasteiger partial charge in [-0.05, 0) is 6.07 Å². The summed E-state index contributed by atoms with van der Waals surface area (Å²) in [5.41, 5.74) is 0.762. The van der Waals surface area contributed by atoms with Gasteiger partial charge in [0.1, 0.15) is 0 Å². The Kier molecular flexibility index (Phi) is 6.79. The predicted octanol–water partition coefficient (Wildman–Crippen LogP) is 2.90. The van der Waals surface area contributed by atoms with Crippen molar-refractivity contribution < 1.29 is 18.7 Å². The molecule has 0 atom stereocenters. The van der Waals surface area contributed by atoms with Crippen molar-refractivity contribution in [1.29, 1.82) is 0 Å². The molecule has 0 aromatic heterocycles. The number of Topliss-reactive ketones (excluding diaryl/α,β-unsaturated/α-hetero) is 1. The number of hydrogen-bond acceptors (Lipinski definition) is 3. The van der Waals surface area contributed by atoms with E-state index < -0.39 is 5.97 Å². The number of ether oxygens (including phenoxy) is 1. The average Bonchev–Trinajstić information content (AvgIpc) is 2.39. The van der Waals surface area contributed by atoms with Crippen molar-refractivity contribution in [3.8, 4) is 0 Å². The fourth-order valence-electron chi connectivity index (χ4n) is 1.30. The van der Waals surface area contributed by atoms with Crippen LogP contribution in [0.2, 0.25) is 0 Å². The Morgan fingerprint density at radius 2 is 1.59 bits per heavy atom. The molecule has 0 amide bonds. The van der Waals surface area contributed by atoms with E-state index >= 15 is 0 Å². The molecule has 0 heterocycles. The molecule has 1 aromatic carbocycles. The largest absolute Gasteiger partial charge is 0.465 e. The number of benzene rings is 1. The van der Waals surface area contributed by atoms with Crippen molar-refractivity contribution in [2.75, 3.05) is 14.3 Å². The van der Waals surface area contributed by atoms with Crippen LogP contribution in [0.5, 0.6) is 0 Å². The molecule has 0 unspecified atom stereocenters. The minimum atomic E-state index is -0.473. The zero-order chi connectivity index (χ0) is 13.4. The molecule has 0 N–H and O–H groups in total. The molecule has 0 spiro atoms. The van der Waals surface area contributed by atoms with Gasteiger partial charge >= 0.3 is 5.97 Å². The lowest BCUT2D eigenvalue weighted by Gasteiger charge is -2.08. The fraction of sp³-hybridized carbons (Fsp3) is 0.385. The number of carbonyl (C=O) groups is 2. The van der Waals surface area contributed by atoms with Crippen LogP contribution in [0.25, 0.3) is 0 Å². The molecule has 0 saturated carbocycles. The van der Waals surface area contributed by atoms with Crippen LogP contribution in [-0.2, 0) is 4.74 Å². The molecule has 1 rings (SSSR count). The molecule has 94 valence electrons. The van der Waals surface area contributed by atoms with Crippen LogP contribution in [0.4, 0.5) is 4.39 Å². The van der Waals surface area contributed by atoms with Gasteiger partial charge in [0.05, 0.1) is 19.9 Å². The van der Waals surface area contributed by atoms with E-state index in [0.717, 1.165) is 0 Å². The van der Waals surface area contributed by atoms with E-state index in [2.05, 4.69) is 4.74 Å². The standard InChI is InChI=1S/C12H14O3.CH3F/c1-8(2)11(13)9-6-4-5-7-10(9)12(14)15-3;1-2/h4-8H,1-3H3;1H3. The highest BCUT2D eigenvalue weighted by Crippen LogP contribution is 2.14. The molecule has 0 aliphatic rings. The molecule has 0 aliphatic heterocycles. The van der Waals surface area contributed by atoms with E-state index in [1.54, 1.807) is 38.1 Å². The topological polar surface area (TPSA) is 43.4 Å². The molecule has 0 aliphatic carbocycles. The monoisotopic (exact) mass is 240 g/mol. The van der Waals surface area contributed by atoms with Crippen molar-refractivity contribution in [2.45, 2.75) is 13.8 Å². The molecule has 0 bridgehead atoms. The summed E-state index contributed by atoms with van der Waals surface area (Å²) < 4.78 is 14.1. The minimum Gasteiger partial charge on any atom is -0.465 e. The number of methoxy groups -OCH3 is 1. The van der Waals surface area contributed by atoms with Crippen LogP contribution in [0.3, 0.4) is 0 Å². The molecule has 0 saturated heterocycles. The number of rotatable bonds is 3. The van der Waals surface area contributed by atoms with Gasteiger partial charge in [0.15, 0.2) is 5.78 Å². The Morgan fingerprint density at radius 1 is 1.12 bits per heavy atom. The number of halogens is 1. The second kappa shape index (κ2) is 7.54. The van der Waals surface area contributed by atoms with Gasteiger partial charge in [-0.3, -0.25) is 9.18 Å². The van der Waals surface area contributed by atoms with Gasteiger partial charge < -0.3 is 4.74 Å². The maximum absolute atomic E-state index is 11.8. The van der Waals surface area contributed by atoms with Crippen LogP contribution in [0.15, 0.2) is 24.3 Å². The maximum Gasteiger partial charge on any atom is 0.338 e. The Morgan fingerprint density at radius 3 is 2.00 bits per heavy atom. The molecule has 0 radical (unpaired) electrons. The normalized spacial score (nSPS) is 9.29. The fourth-order valence-corrected chi connectivity index (χ4v) is 1.30. The molecule has 1 aromatic rings. The molecule has 4 heteroatoms. The van der Waals surface area contributed by atoms with Crippen LogP contribution >= 0.6 is 0 Å². The highest BCUT2D eigenvalue weighted by atomic mass is 19.1. The smallest absolute Gasteiger partial charge is 0.338 e. The van der Waals surface area contributed by atoms with E-state index in [1.165, 1.54) is 7.11 Å². The zero-order valence-corrected chi connectivity index (χ0v) is 10.5. The van der Waals surface area contributed by atoms with Gasteiger partial charge in [-0.15, -0.1) is 0 Å². The molecule has 17 heavy (non-hydrogen) atoms. The lowest BCUT2D eigenvalue weighted by molar-refractivity contribution is 0.0596. The minimum absolute atomic E-state index is 0.0454. The van der Waals surface area contributed by atoms with Gasteiger partial charge in [-0.1, -0.05) is 32.0 Å². The van der Waals surface area contributed by atoms with Crippen molar-refractivity contribution in [3.05, 3.63) is 35.4 Å². The van der Waals surface area contributed by atoms with E-state index in [-0.39, 0.29) is 11.7 Å². The van der Waals surface area contributed by atoms with Crippen molar-refractivity contribution in [3.63, 3.8) is 0 Å². The SMILES string of the molecule is CF.COC(=O)c1ccccc1C(=O)C(C)C. The summed E-state index contributed by atoms with van der Waals surface area (Å²) in [5.74, 6) is -0.647. The number of ketones is 1. The van der Waals surface area contributed by atoms with Crippen molar-refractivity contribution in [1.82, 2.24) is 0 Å². The Hall–Kier alpha value is -1.71. The molecular formula is C13H17FO3. The number of hydrogen-bond donors (Lipinski definition) is 0. The van der Waals surface area contributed by atoms with Crippen LogP contribution in [0, 0.1) is 5.92 Å². The first kappa shape index (κ1) is 15.3. The first-order chi connectivity index (χ1) is 8.07. The van der Waals surface area contributed by atoms with Gasteiger partial charge in [0.25, 0.3) is 0 Å². The quantitative estimate of drug-likeness (QED) is 0.602. The highest BCUT2D eigenvalue weighted by molar-refractivity contribution is 6.06. The summed E-state index contributed by atoms with van der Waals surface area (Å²) in [6.07, 6.45) is 0. The first-order valence-electron chi connectivity index (χ1n) is 5.17. The third-order valence-corrected chi connectivity index (χ3v) is 2.12. The lowest BCUT2D eigenvalue weighted by atomic mass is 9.96. The summed E-state index contributed by atoms with van der Waals surface area (Å²) in [6.45, 7) is 3.60. The second-order valence-corrected chi connectivity index (χ2v) is 3.56. The van der Waals surface area contributed by atoms with E-state index in [4.69, 9.17) is 0 Å². The van der Waals surface area contributed by atoms with E-state index in [1.807, 2.05) is 0 Å². The average molecular weight is 240 g/mol. The van der Waals surface area contributed by atoms with Gasteiger partial charge in [-0.25, -0.2) is 4.79 Å². The maximum atomic E-state index is 11.8. The van der Waals surface area contributed by atoms with Crippen LogP contribution in [0.1, 0.15) is 34.6 Å². The van der Waals surface area contributed by atoms with E-state index in [0.29, 0.717) is 18.3 Å². The Labute approximate surface area is 101 Å². The van der Waals surface area contributed by atoms with Crippen molar-refractivity contribution >= 4 is 11.8 Å². The first-order valence-corrected chi connectivity index (χ1v) is 5.17. The number of carbonyl (C=O) groups excluding carboxylic acids is 2. The molecule has 0 fully saturated rings. The number of esters is 1. The van der Waals surface area contributed by atoms with E-state index in [9.17, 15) is 14.0 Å². The summed E-state index contributed by atoms with van der Waals surface area (Å²) in [7, 11) is 1.80. The lowest BCUT2D eigenvalue weighted by Crippen LogP contribution is -2.14. The molecular weight excluding hydrogens is 223 g/mol. The van der Waals surface area contributed by atoms with Crippen LogP contribution < -0.4 is 0 Å². The third-order valence-electron chi connectivity index (χ3n) is 2.12. The summed E-state index contributed by atoms with van der Waals surface area (Å²) >= 11 is 0. The van der Waals surface area contributed by atoms with Gasteiger partial charge in [-0.2, -0.15) is 0 Å². The molecule has 3 nitrogen and oxygen atoms in total. The second-order valence-electron chi connectivity index (χ2n) is 3.56. The highest BCUT2D eigenvalue weighted by Gasteiger charge is 2.18. The number of alkyl halides is 1. The summed E-state index contributed by atoms with van der Waals surface area (Å²) in [5, 5.41) is 0. The summed E-state index contributed by atoms with van der Waals surface area (Å²) in [6, 6.07) is 6.70. The van der Waals surface area contributed by atoms with Crippen molar-refractivity contribution in [2.24, 2.45) is 5.92 Å². The Balaban J connectivity index is 0.00000121. The van der Waals surface area contributed by atoms with Gasteiger partial charge in [0, 0.05) is 11.5 Å². The Bertz CT molecular complexity index is 386. The third kappa shape index (κ3) is 3.98. The van der Waals surface area contributed by atoms with Crippen LogP contribution in [-0.4, -0.2) is 26.0 Å². The summed E-state index contributed by atoms with van der Waals surface area (Å²) in [4.78, 5) is 23.2. The zero-order valence-electron chi connectivity index (χ0n) is 10.5. The van der Waals surface area contributed by atoms with Gasteiger partial charge in [0.2, 0.25) is 0 Å².